The van der Waals surface area contributed by atoms with Gasteiger partial charge in [-0.3, -0.25) is 4.79 Å². The van der Waals surface area contributed by atoms with Gasteiger partial charge in [0.1, 0.15) is 16.5 Å². The number of hydrogen-bond acceptors (Lipinski definition) is 5. The van der Waals surface area contributed by atoms with E-state index in [0.717, 1.165) is 33.3 Å². The van der Waals surface area contributed by atoms with Crippen molar-refractivity contribution in [3.63, 3.8) is 0 Å². The van der Waals surface area contributed by atoms with Crippen molar-refractivity contribution in [3.05, 3.63) is 83.7 Å². The number of amides is 1. The summed E-state index contributed by atoms with van der Waals surface area (Å²) in [4.78, 5) is 19.6. The van der Waals surface area contributed by atoms with Crippen LogP contribution in [0.2, 0.25) is 0 Å². The fourth-order valence-corrected chi connectivity index (χ4v) is 4.80. The average Bonchev–Trinajstić information content (AvgIpc) is 3.36. The zero-order valence-electron chi connectivity index (χ0n) is 19.2. The number of carbonyl (C=O) groups excluding carboxylic acids is 1. The number of aryl methyl sites for hydroxylation is 1. The lowest BCUT2D eigenvalue weighted by atomic mass is 10.1. The van der Waals surface area contributed by atoms with Gasteiger partial charge in [0.15, 0.2) is 6.10 Å². The van der Waals surface area contributed by atoms with Crippen LogP contribution in [0.4, 0.5) is 5.69 Å². The SMILES string of the molecule is Cc1ccc(OCCCN2C(=O)C(C)Oc3ccc(-c4csc(-c5ccccc5)n4)cc32)cc1. The first-order valence-corrected chi connectivity index (χ1v) is 12.3. The number of carbonyl (C=O) groups is 1. The number of hydrogen-bond donors (Lipinski definition) is 0. The van der Waals surface area contributed by atoms with Crippen molar-refractivity contribution >= 4 is 22.9 Å². The van der Waals surface area contributed by atoms with E-state index in [1.54, 1.807) is 18.3 Å². The summed E-state index contributed by atoms with van der Waals surface area (Å²) >= 11 is 1.61. The molecule has 0 aliphatic carbocycles. The molecule has 1 unspecified atom stereocenters. The third kappa shape index (κ3) is 4.68. The van der Waals surface area contributed by atoms with E-state index in [1.807, 2.05) is 65.6 Å². The number of rotatable bonds is 7. The molecule has 0 N–H and O–H groups in total. The fraction of sp³-hybridized carbons (Fsp3) is 0.214. The minimum absolute atomic E-state index is 0.0387. The molecule has 1 amide bonds. The van der Waals surface area contributed by atoms with Gasteiger partial charge in [-0.1, -0.05) is 48.0 Å². The van der Waals surface area contributed by atoms with E-state index in [9.17, 15) is 4.79 Å². The average molecular weight is 471 g/mol. The van der Waals surface area contributed by atoms with Crippen LogP contribution in [0.1, 0.15) is 18.9 Å². The number of fused-ring (bicyclic) bond motifs is 1. The molecule has 2 heterocycles. The van der Waals surface area contributed by atoms with Crippen LogP contribution in [0.5, 0.6) is 11.5 Å². The Hall–Kier alpha value is -3.64. The number of nitrogens with zero attached hydrogens (tertiary/aromatic N) is 2. The molecule has 5 rings (SSSR count). The van der Waals surface area contributed by atoms with Crippen LogP contribution in [-0.2, 0) is 4.79 Å². The molecular formula is C28H26N2O3S. The Labute approximate surface area is 203 Å². The monoisotopic (exact) mass is 470 g/mol. The van der Waals surface area contributed by atoms with Gasteiger partial charge in [-0.2, -0.15) is 0 Å². The molecule has 172 valence electrons. The zero-order chi connectivity index (χ0) is 23.5. The molecule has 1 aliphatic rings. The Bertz CT molecular complexity index is 1280. The molecule has 0 saturated heterocycles. The van der Waals surface area contributed by atoms with Gasteiger partial charge in [0.2, 0.25) is 0 Å². The van der Waals surface area contributed by atoms with Gasteiger partial charge < -0.3 is 14.4 Å². The summed E-state index contributed by atoms with van der Waals surface area (Å²) in [6, 6.07) is 24.1. The molecule has 0 spiro atoms. The van der Waals surface area contributed by atoms with E-state index in [1.165, 1.54) is 5.56 Å². The van der Waals surface area contributed by atoms with Gasteiger partial charge in [-0.15, -0.1) is 11.3 Å². The Balaban J connectivity index is 1.33. The van der Waals surface area contributed by atoms with E-state index >= 15 is 0 Å². The molecule has 6 heteroatoms. The molecule has 0 saturated carbocycles. The predicted octanol–water partition coefficient (Wildman–Crippen LogP) is 6.37. The number of ether oxygens (including phenoxy) is 2. The Morgan fingerprint density at radius 1 is 1.03 bits per heavy atom. The summed E-state index contributed by atoms with van der Waals surface area (Å²) in [6.07, 6.45) is 0.200. The van der Waals surface area contributed by atoms with Crippen LogP contribution < -0.4 is 14.4 Å². The van der Waals surface area contributed by atoms with Crippen LogP contribution >= 0.6 is 11.3 Å². The normalized spacial score (nSPS) is 15.1. The highest BCUT2D eigenvalue weighted by atomic mass is 32.1. The van der Waals surface area contributed by atoms with Crippen LogP contribution in [0.25, 0.3) is 21.8 Å². The van der Waals surface area contributed by atoms with E-state index in [0.29, 0.717) is 25.3 Å². The summed E-state index contributed by atoms with van der Waals surface area (Å²) in [6.45, 7) is 4.93. The Morgan fingerprint density at radius 3 is 2.62 bits per heavy atom. The maximum atomic E-state index is 13.0. The van der Waals surface area contributed by atoms with Crippen LogP contribution in [0.3, 0.4) is 0 Å². The number of benzene rings is 3. The molecule has 1 atom stereocenters. The summed E-state index contributed by atoms with van der Waals surface area (Å²) in [5.74, 6) is 1.52. The quantitative estimate of drug-likeness (QED) is 0.295. The van der Waals surface area contributed by atoms with E-state index < -0.39 is 6.10 Å². The highest BCUT2D eigenvalue weighted by molar-refractivity contribution is 7.13. The summed E-state index contributed by atoms with van der Waals surface area (Å²) in [5.41, 5.74) is 4.93. The van der Waals surface area contributed by atoms with Crippen molar-refractivity contribution in [1.82, 2.24) is 4.98 Å². The fourth-order valence-electron chi connectivity index (χ4n) is 3.96. The minimum atomic E-state index is -0.514. The summed E-state index contributed by atoms with van der Waals surface area (Å²) < 4.78 is 11.7. The zero-order valence-corrected chi connectivity index (χ0v) is 20.0. The molecule has 1 aliphatic heterocycles. The van der Waals surface area contributed by atoms with E-state index in [4.69, 9.17) is 14.5 Å². The van der Waals surface area contributed by atoms with Crippen molar-refractivity contribution in [3.8, 4) is 33.3 Å². The molecule has 4 aromatic rings. The van der Waals surface area contributed by atoms with E-state index in [2.05, 4.69) is 24.4 Å². The molecule has 0 radical (unpaired) electrons. The second kappa shape index (κ2) is 9.69. The third-order valence-electron chi connectivity index (χ3n) is 5.80. The first-order chi connectivity index (χ1) is 16.6. The first-order valence-electron chi connectivity index (χ1n) is 11.4. The number of aromatic nitrogens is 1. The molecule has 5 nitrogen and oxygen atoms in total. The summed E-state index contributed by atoms with van der Waals surface area (Å²) in [7, 11) is 0. The van der Waals surface area contributed by atoms with Crippen molar-refractivity contribution in [1.29, 1.82) is 0 Å². The van der Waals surface area contributed by atoms with Gasteiger partial charge >= 0.3 is 0 Å². The second-order valence-corrected chi connectivity index (χ2v) is 9.21. The van der Waals surface area contributed by atoms with E-state index in [-0.39, 0.29) is 5.91 Å². The lowest BCUT2D eigenvalue weighted by Crippen LogP contribution is -2.45. The van der Waals surface area contributed by atoms with Gasteiger partial charge in [-0.05, 0) is 50.6 Å². The molecule has 3 aromatic carbocycles. The molecule has 0 fully saturated rings. The standard InChI is InChI=1S/C28H26N2O3S/c1-19-9-12-23(13-10-19)32-16-6-15-30-25-17-22(11-14-26(25)33-20(2)28(30)31)24-18-34-27(29-24)21-7-4-3-5-8-21/h3-5,7-14,17-18,20H,6,15-16H2,1-2H3. The van der Waals surface area contributed by atoms with Gasteiger partial charge in [0.05, 0.1) is 18.0 Å². The highest BCUT2D eigenvalue weighted by Crippen LogP contribution is 2.38. The Kier molecular flexibility index (Phi) is 6.32. The maximum Gasteiger partial charge on any atom is 0.267 e. The molecule has 1 aromatic heterocycles. The largest absolute Gasteiger partial charge is 0.494 e. The predicted molar refractivity (Wildman–Crippen MR) is 137 cm³/mol. The van der Waals surface area contributed by atoms with Crippen LogP contribution in [0, 0.1) is 6.92 Å². The smallest absolute Gasteiger partial charge is 0.267 e. The third-order valence-corrected chi connectivity index (χ3v) is 6.70. The van der Waals surface area contributed by atoms with Crippen LogP contribution in [-0.4, -0.2) is 30.1 Å². The first kappa shape index (κ1) is 22.2. The van der Waals surface area contributed by atoms with Gasteiger partial charge in [0, 0.05) is 23.1 Å². The number of anilines is 1. The summed E-state index contributed by atoms with van der Waals surface area (Å²) in [5, 5.41) is 3.03. The number of thiazole rings is 1. The van der Waals surface area contributed by atoms with Gasteiger partial charge in [0.25, 0.3) is 5.91 Å². The minimum Gasteiger partial charge on any atom is -0.494 e. The van der Waals surface area contributed by atoms with Crippen molar-refractivity contribution in [2.75, 3.05) is 18.1 Å². The lowest BCUT2D eigenvalue weighted by molar-refractivity contribution is -0.125. The Morgan fingerprint density at radius 2 is 1.82 bits per heavy atom. The van der Waals surface area contributed by atoms with Crippen LogP contribution in [0.15, 0.2) is 78.2 Å². The molecule has 0 bridgehead atoms. The lowest BCUT2D eigenvalue weighted by Gasteiger charge is -2.33. The topological polar surface area (TPSA) is 51.7 Å². The van der Waals surface area contributed by atoms with Crippen molar-refractivity contribution in [2.24, 2.45) is 0 Å². The second-order valence-electron chi connectivity index (χ2n) is 8.35. The van der Waals surface area contributed by atoms with Crippen molar-refractivity contribution in [2.45, 2.75) is 26.4 Å². The van der Waals surface area contributed by atoms with Crippen molar-refractivity contribution < 1.29 is 14.3 Å². The highest BCUT2D eigenvalue weighted by Gasteiger charge is 2.31. The molecular weight excluding hydrogens is 444 g/mol. The maximum absolute atomic E-state index is 13.0. The van der Waals surface area contributed by atoms with Gasteiger partial charge in [-0.25, -0.2) is 4.98 Å². The molecule has 34 heavy (non-hydrogen) atoms.